The Bertz CT molecular complexity index is 4260. The maximum Gasteiger partial charge on any atom is 0.252 e. The molecule has 3 nitrogen and oxygen atoms in total. The number of thiophene rings is 1. The third-order valence-electron chi connectivity index (χ3n) is 21.4. The van der Waals surface area contributed by atoms with Crippen LogP contribution in [-0.2, 0) is 43.3 Å². The van der Waals surface area contributed by atoms with Crippen molar-refractivity contribution in [3.63, 3.8) is 0 Å². The Morgan fingerprint density at radius 1 is 0.414 bits per heavy atom. The molecule has 1 aromatic heterocycles. The highest BCUT2D eigenvalue weighted by Gasteiger charge is 2.49. The van der Waals surface area contributed by atoms with Crippen molar-refractivity contribution < 1.29 is 0 Å². The predicted octanol–water partition coefficient (Wildman–Crippen LogP) is 22.1. The first-order valence-corrected chi connectivity index (χ1v) is 33.5. The lowest BCUT2D eigenvalue weighted by molar-refractivity contribution is 0.332. The van der Waals surface area contributed by atoms with Crippen LogP contribution in [0.15, 0.2) is 133 Å². The molecule has 4 aliphatic rings. The molecule has 0 bridgehead atoms. The minimum atomic E-state index is -0.226. The zero-order valence-corrected chi connectivity index (χ0v) is 57.7. The van der Waals surface area contributed by atoms with E-state index in [9.17, 15) is 0 Å². The summed E-state index contributed by atoms with van der Waals surface area (Å²) in [5.74, 6) is 0. The zero-order chi connectivity index (χ0) is 62.4. The van der Waals surface area contributed by atoms with Crippen LogP contribution in [-0.4, -0.2) is 6.71 Å². The van der Waals surface area contributed by atoms with Crippen molar-refractivity contribution in [3.05, 3.63) is 189 Å². The van der Waals surface area contributed by atoms with Crippen LogP contribution in [0.3, 0.4) is 0 Å². The molecular weight excluding hydrogens is 1070 g/mol. The lowest BCUT2D eigenvalue weighted by atomic mass is 9.33. The molecule has 2 aliphatic carbocycles. The molecule has 3 heterocycles. The number of fused-ring (bicyclic) bond motifs is 9. The number of hydrogen-bond acceptors (Lipinski definition) is 4. The van der Waals surface area contributed by atoms with Gasteiger partial charge in [0.05, 0.1) is 5.69 Å². The van der Waals surface area contributed by atoms with E-state index in [-0.39, 0.29) is 50.0 Å². The Morgan fingerprint density at radius 2 is 0.931 bits per heavy atom. The van der Waals surface area contributed by atoms with E-state index in [4.69, 9.17) is 0 Å². The highest BCUT2D eigenvalue weighted by Crippen LogP contribution is 2.56. The molecule has 0 atom stereocenters. The summed E-state index contributed by atoms with van der Waals surface area (Å²) >= 11 is 1.96. The Morgan fingerprint density at radius 3 is 1.48 bits per heavy atom. The average Bonchev–Trinajstić information content (AvgIpc) is 0.718. The van der Waals surface area contributed by atoms with Crippen LogP contribution in [0.5, 0.6) is 0 Å². The molecule has 0 spiro atoms. The fraction of sp³-hybridized carbons (Fsp3) is 0.415. The second-order valence-electron chi connectivity index (χ2n) is 33.8. The number of anilines is 9. The molecule has 0 saturated carbocycles. The molecule has 0 unspecified atom stereocenters. The lowest BCUT2D eigenvalue weighted by Crippen LogP contribution is -2.62. The summed E-state index contributed by atoms with van der Waals surface area (Å²) in [6.45, 7) is 53.1. The van der Waals surface area contributed by atoms with Crippen LogP contribution >= 0.6 is 11.3 Å². The molecule has 87 heavy (non-hydrogen) atoms. The van der Waals surface area contributed by atoms with Crippen molar-refractivity contribution in [1.82, 2.24) is 0 Å². The molecule has 2 aliphatic heterocycles. The summed E-state index contributed by atoms with van der Waals surface area (Å²) in [5, 5.41) is 2.67. The van der Waals surface area contributed by atoms with Gasteiger partial charge in [0.2, 0.25) is 0 Å². The molecule has 0 radical (unpaired) electrons. The third-order valence-corrected chi connectivity index (χ3v) is 22.6. The van der Waals surface area contributed by atoms with Gasteiger partial charge in [0, 0.05) is 65.7 Å². The molecule has 0 amide bonds. The van der Waals surface area contributed by atoms with Crippen molar-refractivity contribution in [2.45, 2.75) is 221 Å². The molecule has 13 rings (SSSR count). The highest BCUT2D eigenvalue weighted by molar-refractivity contribution is 7.26. The predicted molar refractivity (Wildman–Crippen MR) is 383 cm³/mol. The van der Waals surface area contributed by atoms with Crippen molar-refractivity contribution in [2.24, 2.45) is 0 Å². The van der Waals surface area contributed by atoms with Gasteiger partial charge in [-0.25, -0.2) is 0 Å². The lowest BCUT2D eigenvalue weighted by Gasteiger charge is -2.48. The zero-order valence-electron chi connectivity index (χ0n) is 56.9. The van der Waals surface area contributed by atoms with Gasteiger partial charge in [-0.15, -0.1) is 11.3 Å². The number of benzene rings is 8. The molecule has 5 heteroatoms. The number of nitrogens with zero attached hydrogens (tertiary/aromatic N) is 3. The molecule has 8 aromatic carbocycles. The normalized spacial score (nSPS) is 17.4. The van der Waals surface area contributed by atoms with Crippen molar-refractivity contribution in [2.75, 3.05) is 14.7 Å². The Balaban J connectivity index is 1.18. The van der Waals surface area contributed by atoms with Crippen molar-refractivity contribution >= 4 is 106 Å². The first kappa shape index (κ1) is 59.4. The van der Waals surface area contributed by atoms with Crippen LogP contribution in [0.25, 0.3) is 20.2 Å². The van der Waals surface area contributed by atoms with E-state index in [1.165, 1.54) is 144 Å². The summed E-state index contributed by atoms with van der Waals surface area (Å²) in [6.07, 6.45) is 4.65. The maximum atomic E-state index is 2.77. The van der Waals surface area contributed by atoms with Gasteiger partial charge in [0.1, 0.15) is 0 Å². The SMILES string of the molecule is Cc1cc(C(C)(C)C)ccc1N(c1ccc2c(c1)N(c1ccc3c(sc4ccccc43)c1C(C)(C)C)c1cc(C(C)(C)C)cc3c1B2c1cc2c(cc1N3c1ccc3c(c1)C(C)(C)CCC3(C)C)C(C)(C)CCC2(C)C)c1ccc(C(C)(C)C)cc1C. The number of aryl methyl sites for hydroxylation is 2. The van der Waals surface area contributed by atoms with Gasteiger partial charge in [-0.3, -0.25) is 0 Å². The number of hydrogen-bond donors (Lipinski definition) is 0. The molecule has 0 fully saturated rings. The molecule has 0 saturated heterocycles. The average molecular weight is 1170 g/mol. The monoisotopic (exact) mass is 1170 g/mol. The van der Waals surface area contributed by atoms with E-state index >= 15 is 0 Å². The second kappa shape index (κ2) is 19.5. The summed E-state index contributed by atoms with van der Waals surface area (Å²) in [5.41, 5.74) is 28.9. The molecular formula is C82H96BN3S. The highest BCUT2D eigenvalue weighted by atomic mass is 32.1. The Labute approximate surface area is 527 Å². The smallest absolute Gasteiger partial charge is 0.252 e. The minimum absolute atomic E-state index is 0.00129. The quantitative estimate of drug-likeness (QED) is 0.159. The maximum absolute atomic E-state index is 2.77. The van der Waals surface area contributed by atoms with E-state index in [1.807, 2.05) is 11.3 Å². The van der Waals surface area contributed by atoms with Gasteiger partial charge in [-0.1, -0.05) is 205 Å². The van der Waals surface area contributed by atoms with Gasteiger partial charge in [0.25, 0.3) is 6.71 Å². The first-order chi connectivity index (χ1) is 40.5. The summed E-state index contributed by atoms with van der Waals surface area (Å²) in [4.78, 5) is 8.11. The van der Waals surface area contributed by atoms with Crippen LogP contribution in [0.4, 0.5) is 51.2 Å². The summed E-state index contributed by atoms with van der Waals surface area (Å²) in [6, 6.07) is 54.4. The van der Waals surface area contributed by atoms with Crippen LogP contribution in [0, 0.1) is 13.8 Å². The number of rotatable bonds is 5. The molecule has 0 N–H and O–H groups in total. The fourth-order valence-electron chi connectivity index (χ4n) is 15.7. The van der Waals surface area contributed by atoms with Gasteiger partial charge >= 0.3 is 0 Å². The van der Waals surface area contributed by atoms with E-state index in [0.29, 0.717) is 0 Å². The molecule has 9 aromatic rings. The summed E-state index contributed by atoms with van der Waals surface area (Å²) in [7, 11) is 0. The van der Waals surface area contributed by atoms with Crippen LogP contribution in [0.2, 0.25) is 0 Å². The Kier molecular flexibility index (Phi) is 13.3. The van der Waals surface area contributed by atoms with Crippen molar-refractivity contribution in [1.29, 1.82) is 0 Å². The van der Waals surface area contributed by atoms with E-state index in [1.54, 1.807) is 0 Å². The first-order valence-electron chi connectivity index (χ1n) is 32.7. The summed E-state index contributed by atoms with van der Waals surface area (Å²) < 4.78 is 2.70. The standard InChI is InChI=1S/C82H96BN3S/c1-49-41-51(75(3,4)5)27-34-64(49)84(65-35-28-52(42-50(65)2)76(6,7)8)55-30-33-62-67(46-55)86(66-36-31-57-56-25-23-24-26-71(56)87-74(57)72(66)78(12,13)14)70-44-53(77(9,10)11)43-69-73(70)83(62)63-47-60-61(82(21,22)40-39-81(60,19)20)48-68(63)85(69)54-29-32-58-59(45-54)80(17,18)38-37-79(58,15)16/h23-36,41-48H,37-40H2,1-22H3. The van der Waals surface area contributed by atoms with Gasteiger partial charge in [0.15, 0.2) is 0 Å². The van der Waals surface area contributed by atoms with Gasteiger partial charge < -0.3 is 14.7 Å². The minimum Gasteiger partial charge on any atom is -0.311 e. The van der Waals surface area contributed by atoms with Gasteiger partial charge in [-0.2, -0.15) is 0 Å². The molecule has 448 valence electrons. The van der Waals surface area contributed by atoms with Crippen LogP contribution in [0.1, 0.15) is 220 Å². The second-order valence-corrected chi connectivity index (χ2v) is 34.8. The van der Waals surface area contributed by atoms with Gasteiger partial charge in [-0.05, 0) is 222 Å². The largest absolute Gasteiger partial charge is 0.311 e. The van der Waals surface area contributed by atoms with Crippen LogP contribution < -0.4 is 31.1 Å². The fourth-order valence-corrected chi connectivity index (χ4v) is 17.2. The van der Waals surface area contributed by atoms with E-state index < -0.39 is 0 Å². The third kappa shape index (κ3) is 9.54. The van der Waals surface area contributed by atoms with E-state index in [0.717, 1.165) is 24.9 Å². The topological polar surface area (TPSA) is 9.72 Å². The van der Waals surface area contributed by atoms with E-state index in [2.05, 4.69) is 300 Å². The van der Waals surface area contributed by atoms with Crippen molar-refractivity contribution in [3.8, 4) is 0 Å². The Hall–Kier alpha value is -6.56.